The number of rotatable bonds is 6. The summed E-state index contributed by atoms with van der Waals surface area (Å²) in [6.45, 7) is 2.07. The van der Waals surface area contributed by atoms with Crippen LogP contribution in [0.2, 0.25) is 0 Å². The van der Waals surface area contributed by atoms with Crippen molar-refractivity contribution in [2.24, 2.45) is 11.3 Å². The number of hydrogen-bond donors (Lipinski definition) is 2. The van der Waals surface area contributed by atoms with E-state index in [9.17, 15) is 9.59 Å². The topological polar surface area (TPSA) is 74.6 Å². The van der Waals surface area contributed by atoms with Crippen LogP contribution in [0.1, 0.15) is 45.4 Å². The van der Waals surface area contributed by atoms with Crippen molar-refractivity contribution in [3.05, 3.63) is 0 Å². The summed E-state index contributed by atoms with van der Waals surface area (Å²) < 4.78 is 0. The summed E-state index contributed by atoms with van der Waals surface area (Å²) >= 11 is 0. The zero-order valence-corrected chi connectivity index (χ0v) is 9.03. The first kappa shape index (κ1) is 12.0. The lowest BCUT2D eigenvalue weighted by atomic mass is 9.58. The minimum absolute atomic E-state index is 0.168. The molecule has 0 heterocycles. The summed E-state index contributed by atoms with van der Waals surface area (Å²) in [4.78, 5) is 22.0. The highest BCUT2D eigenvalue weighted by atomic mass is 16.4. The third-order valence-electron chi connectivity index (χ3n) is 3.50. The lowest BCUT2D eigenvalue weighted by molar-refractivity contribution is -0.179. The molecule has 0 aromatic carbocycles. The minimum atomic E-state index is -1.48. The van der Waals surface area contributed by atoms with Crippen molar-refractivity contribution in [2.75, 3.05) is 0 Å². The summed E-state index contributed by atoms with van der Waals surface area (Å²) in [7, 11) is 0. The van der Waals surface area contributed by atoms with E-state index in [1.165, 1.54) is 0 Å². The summed E-state index contributed by atoms with van der Waals surface area (Å²) in [6.07, 6.45) is 4.80. The normalized spacial score (nSPS) is 23.1. The molecular formula is C11H18O4. The lowest BCUT2D eigenvalue weighted by Crippen LogP contribution is -2.52. The number of hydrogen-bond acceptors (Lipinski definition) is 2. The monoisotopic (exact) mass is 214 g/mol. The standard InChI is InChI=1S/C11H18O4/c1-2-3-4-5-8-6-7-11(8,9(12)13)10(14)15/h8H,2-7H2,1H3,(H,12,13)(H,14,15). The van der Waals surface area contributed by atoms with E-state index >= 15 is 0 Å². The SMILES string of the molecule is CCCCCC1CCC1(C(=O)O)C(=O)O. The van der Waals surface area contributed by atoms with Crippen molar-refractivity contribution in [2.45, 2.75) is 45.4 Å². The Morgan fingerprint density at radius 1 is 1.27 bits per heavy atom. The van der Waals surface area contributed by atoms with Crippen LogP contribution in [0.5, 0.6) is 0 Å². The van der Waals surface area contributed by atoms with Crippen molar-refractivity contribution >= 4 is 11.9 Å². The maximum atomic E-state index is 11.0. The fraction of sp³-hybridized carbons (Fsp3) is 0.818. The van der Waals surface area contributed by atoms with Gasteiger partial charge in [0, 0.05) is 0 Å². The molecule has 1 saturated carbocycles. The van der Waals surface area contributed by atoms with Crippen LogP contribution in [-0.4, -0.2) is 22.2 Å². The third kappa shape index (κ3) is 1.98. The van der Waals surface area contributed by atoms with Crippen LogP contribution in [-0.2, 0) is 9.59 Å². The molecule has 1 rings (SSSR count). The maximum absolute atomic E-state index is 11.0. The van der Waals surface area contributed by atoms with Crippen LogP contribution in [0.25, 0.3) is 0 Å². The van der Waals surface area contributed by atoms with Gasteiger partial charge in [-0.15, -0.1) is 0 Å². The van der Waals surface area contributed by atoms with Crippen molar-refractivity contribution < 1.29 is 19.8 Å². The zero-order valence-electron chi connectivity index (χ0n) is 9.03. The van der Waals surface area contributed by atoms with Gasteiger partial charge in [-0.25, -0.2) is 0 Å². The molecule has 15 heavy (non-hydrogen) atoms. The van der Waals surface area contributed by atoms with Crippen LogP contribution in [0.4, 0.5) is 0 Å². The van der Waals surface area contributed by atoms with Crippen LogP contribution in [0, 0.1) is 11.3 Å². The number of carbonyl (C=O) groups is 2. The molecule has 4 nitrogen and oxygen atoms in total. The van der Waals surface area contributed by atoms with E-state index in [1.807, 2.05) is 0 Å². The number of carboxylic acid groups (broad SMARTS) is 2. The summed E-state index contributed by atoms with van der Waals surface area (Å²) in [5.41, 5.74) is -1.48. The first-order valence-corrected chi connectivity index (χ1v) is 5.52. The fourth-order valence-corrected chi connectivity index (χ4v) is 2.32. The van der Waals surface area contributed by atoms with Gasteiger partial charge in [0.25, 0.3) is 0 Å². The molecule has 0 radical (unpaired) electrons. The Labute approximate surface area is 89.3 Å². The Morgan fingerprint density at radius 3 is 2.20 bits per heavy atom. The molecule has 0 amide bonds. The summed E-state index contributed by atoms with van der Waals surface area (Å²) in [5, 5.41) is 18.0. The Kier molecular flexibility index (Phi) is 3.72. The predicted octanol–water partition coefficient (Wildman–Crippen LogP) is 2.13. The van der Waals surface area contributed by atoms with Gasteiger partial charge in [0.05, 0.1) is 0 Å². The van der Waals surface area contributed by atoms with E-state index in [2.05, 4.69) is 6.92 Å². The molecule has 0 bridgehead atoms. The Hall–Kier alpha value is -1.06. The number of aliphatic carboxylic acids is 2. The molecule has 0 spiro atoms. The van der Waals surface area contributed by atoms with E-state index < -0.39 is 17.4 Å². The van der Waals surface area contributed by atoms with Crippen molar-refractivity contribution in [1.82, 2.24) is 0 Å². The zero-order chi connectivity index (χ0) is 11.5. The number of unbranched alkanes of at least 4 members (excludes halogenated alkanes) is 2. The van der Waals surface area contributed by atoms with Gasteiger partial charge < -0.3 is 10.2 Å². The molecule has 1 unspecified atom stereocenters. The quantitative estimate of drug-likeness (QED) is 0.524. The Bertz CT molecular complexity index is 245. The van der Waals surface area contributed by atoms with Crippen LogP contribution < -0.4 is 0 Å². The Balaban J connectivity index is 2.59. The molecule has 0 saturated heterocycles. The molecule has 0 aromatic heterocycles. The second-order valence-electron chi connectivity index (χ2n) is 4.31. The van der Waals surface area contributed by atoms with Crippen LogP contribution >= 0.6 is 0 Å². The van der Waals surface area contributed by atoms with Crippen LogP contribution in [0.15, 0.2) is 0 Å². The van der Waals surface area contributed by atoms with Gasteiger partial charge in [0.15, 0.2) is 5.41 Å². The van der Waals surface area contributed by atoms with Gasteiger partial charge in [-0.05, 0) is 25.2 Å². The van der Waals surface area contributed by atoms with Gasteiger partial charge >= 0.3 is 11.9 Å². The molecule has 2 N–H and O–H groups in total. The van der Waals surface area contributed by atoms with E-state index in [1.54, 1.807) is 0 Å². The van der Waals surface area contributed by atoms with Gasteiger partial charge in [-0.2, -0.15) is 0 Å². The highest BCUT2D eigenvalue weighted by molar-refractivity contribution is 5.99. The van der Waals surface area contributed by atoms with Gasteiger partial charge in [0.1, 0.15) is 0 Å². The van der Waals surface area contributed by atoms with Crippen molar-refractivity contribution in [1.29, 1.82) is 0 Å². The lowest BCUT2D eigenvalue weighted by Gasteiger charge is -2.42. The fourth-order valence-electron chi connectivity index (χ4n) is 2.32. The molecule has 86 valence electrons. The summed E-state index contributed by atoms with van der Waals surface area (Å²) in [5.74, 6) is -2.50. The first-order valence-electron chi connectivity index (χ1n) is 5.52. The molecule has 4 heteroatoms. The van der Waals surface area contributed by atoms with E-state index in [0.717, 1.165) is 32.1 Å². The first-order chi connectivity index (χ1) is 7.05. The van der Waals surface area contributed by atoms with Gasteiger partial charge in [-0.3, -0.25) is 9.59 Å². The number of carboxylic acids is 2. The molecule has 1 aliphatic carbocycles. The van der Waals surface area contributed by atoms with E-state index in [4.69, 9.17) is 10.2 Å². The third-order valence-corrected chi connectivity index (χ3v) is 3.50. The second kappa shape index (κ2) is 4.64. The average Bonchev–Trinajstić information content (AvgIpc) is 2.09. The van der Waals surface area contributed by atoms with E-state index in [-0.39, 0.29) is 12.3 Å². The summed E-state index contributed by atoms with van der Waals surface area (Å²) in [6, 6.07) is 0. The minimum Gasteiger partial charge on any atom is -0.480 e. The van der Waals surface area contributed by atoms with Gasteiger partial charge in [0.2, 0.25) is 0 Å². The van der Waals surface area contributed by atoms with Crippen molar-refractivity contribution in [3.63, 3.8) is 0 Å². The molecule has 1 atom stereocenters. The molecular weight excluding hydrogens is 196 g/mol. The maximum Gasteiger partial charge on any atom is 0.321 e. The second-order valence-corrected chi connectivity index (χ2v) is 4.31. The predicted molar refractivity (Wildman–Crippen MR) is 54.6 cm³/mol. The van der Waals surface area contributed by atoms with E-state index in [0.29, 0.717) is 0 Å². The largest absolute Gasteiger partial charge is 0.480 e. The van der Waals surface area contributed by atoms with Crippen molar-refractivity contribution in [3.8, 4) is 0 Å². The molecule has 1 fully saturated rings. The van der Waals surface area contributed by atoms with Crippen LogP contribution in [0.3, 0.4) is 0 Å². The highest BCUT2D eigenvalue weighted by Gasteiger charge is 2.58. The van der Waals surface area contributed by atoms with Gasteiger partial charge in [-0.1, -0.05) is 26.2 Å². The smallest absolute Gasteiger partial charge is 0.321 e. The Morgan fingerprint density at radius 2 is 1.87 bits per heavy atom. The highest BCUT2D eigenvalue weighted by Crippen LogP contribution is 2.49. The molecule has 0 aliphatic heterocycles. The average molecular weight is 214 g/mol. The molecule has 1 aliphatic rings. The molecule has 0 aromatic rings.